The fraction of sp³-hybridized carbons (Fsp3) is 0.412. The quantitative estimate of drug-likeness (QED) is 0.264. The van der Waals surface area contributed by atoms with Crippen molar-refractivity contribution in [2.75, 3.05) is 13.2 Å². The van der Waals surface area contributed by atoms with E-state index in [1.165, 1.54) is 0 Å². The Hall–Kier alpha value is -2.30. The van der Waals surface area contributed by atoms with Gasteiger partial charge in [-0.1, -0.05) is 18.2 Å². The number of carbonyl (C=O) groups excluding carboxylic acids is 1. The molecule has 0 radical (unpaired) electrons. The first-order valence-corrected chi connectivity index (χ1v) is 8.04. The number of aromatic nitrogens is 1. The Kier molecular flexibility index (Phi) is 6.83. The molecule has 0 saturated heterocycles. The summed E-state index contributed by atoms with van der Waals surface area (Å²) in [5.41, 5.74) is 1.61. The first kappa shape index (κ1) is 20.0. The van der Waals surface area contributed by atoms with E-state index < -0.39 is 49.3 Å². The summed E-state index contributed by atoms with van der Waals surface area (Å²) in [6.45, 7) is -1.34. The summed E-state index contributed by atoms with van der Waals surface area (Å²) in [5.74, 6) is -2.07. The number of aliphatic carboxylic acids is 1. The Labute approximate surface area is 148 Å². The molecular weight excluding hydrogens is 344 g/mol. The predicted molar refractivity (Wildman–Crippen MR) is 91.5 cm³/mol. The van der Waals surface area contributed by atoms with Crippen LogP contribution in [0.1, 0.15) is 5.56 Å². The smallest absolute Gasteiger partial charge is 0.321 e. The molecule has 1 aromatic carbocycles. The second kappa shape index (κ2) is 8.88. The third-order valence-corrected chi connectivity index (χ3v) is 4.15. The summed E-state index contributed by atoms with van der Waals surface area (Å²) in [5, 5.41) is 50.0. The number of carboxylic acids is 1. The van der Waals surface area contributed by atoms with Crippen LogP contribution in [0.3, 0.4) is 0 Å². The molecular formula is C17H22N2O7. The SMILES string of the molecule is O=C(O)[C@H](Cc1c[nH]c2ccccc12)NCC(=O)[C@H](O)[C@@H](O)[C@H](O)CO. The van der Waals surface area contributed by atoms with E-state index >= 15 is 0 Å². The molecule has 4 atom stereocenters. The van der Waals surface area contributed by atoms with E-state index in [9.17, 15) is 30.0 Å². The van der Waals surface area contributed by atoms with Gasteiger partial charge < -0.3 is 30.5 Å². The normalized spacial score (nSPS) is 16.2. The maximum atomic E-state index is 11.9. The van der Waals surface area contributed by atoms with Crippen LogP contribution in [-0.4, -0.2) is 79.8 Å². The predicted octanol–water partition coefficient (Wildman–Crippen LogP) is -1.60. The Morgan fingerprint density at radius 1 is 1.15 bits per heavy atom. The number of carboxylic acid groups (broad SMARTS) is 1. The minimum atomic E-state index is -1.94. The van der Waals surface area contributed by atoms with E-state index in [-0.39, 0.29) is 6.42 Å². The molecule has 0 saturated carbocycles. The highest BCUT2D eigenvalue weighted by molar-refractivity contribution is 5.87. The van der Waals surface area contributed by atoms with Crippen LogP contribution in [0.4, 0.5) is 0 Å². The molecule has 9 nitrogen and oxygen atoms in total. The minimum absolute atomic E-state index is 0.102. The van der Waals surface area contributed by atoms with Crippen molar-refractivity contribution < 1.29 is 35.1 Å². The van der Waals surface area contributed by atoms with Crippen molar-refractivity contribution >= 4 is 22.7 Å². The van der Waals surface area contributed by atoms with E-state index in [0.29, 0.717) is 0 Å². The fourth-order valence-electron chi connectivity index (χ4n) is 2.60. The number of aromatic amines is 1. The van der Waals surface area contributed by atoms with Gasteiger partial charge in [-0.15, -0.1) is 0 Å². The zero-order valence-electron chi connectivity index (χ0n) is 13.9. The Balaban J connectivity index is 2.00. The van der Waals surface area contributed by atoms with Crippen LogP contribution in [0.15, 0.2) is 30.5 Å². The summed E-state index contributed by atoms with van der Waals surface area (Å²) >= 11 is 0. The highest BCUT2D eigenvalue weighted by Gasteiger charge is 2.30. The molecule has 0 unspecified atom stereocenters. The summed E-state index contributed by atoms with van der Waals surface area (Å²) in [7, 11) is 0. The molecule has 0 spiro atoms. The molecule has 1 heterocycles. The standard InChI is InChI=1S/C17H22N2O7/c20-8-14(22)16(24)15(23)13(21)7-19-12(17(25)26)5-9-6-18-11-4-2-1-3-10(9)11/h1-4,6,12,14-16,18-20,22-24H,5,7-8H2,(H,25,26)/t12-,14+,15-,16-/m0/s1. The number of aliphatic hydroxyl groups excluding tert-OH is 4. The molecule has 0 fully saturated rings. The molecule has 2 rings (SSSR count). The van der Waals surface area contributed by atoms with Gasteiger partial charge in [-0.25, -0.2) is 0 Å². The van der Waals surface area contributed by atoms with Crippen molar-refractivity contribution in [2.24, 2.45) is 0 Å². The number of carbonyl (C=O) groups is 2. The molecule has 0 amide bonds. The number of aliphatic hydroxyl groups is 4. The summed E-state index contributed by atoms with van der Waals surface area (Å²) in [6, 6.07) is 6.29. The number of Topliss-reactive ketones (excluding diaryl/α,β-unsaturated/α-hetero) is 1. The fourth-order valence-corrected chi connectivity index (χ4v) is 2.60. The van der Waals surface area contributed by atoms with Crippen LogP contribution in [0.2, 0.25) is 0 Å². The number of H-pyrrole nitrogens is 1. The number of hydrogen-bond donors (Lipinski definition) is 7. The van der Waals surface area contributed by atoms with Gasteiger partial charge in [0.25, 0.3) is 0 Å². The summed E-state index contributed by atoms with van der Waals surface area (Å²) in [4.78, 5) is 26.4. The lowest BCUT2D eigenvalue weighted by Crippen LogP contribution is -2.49. The maximum absolute atomic E-state index is 11.9. The van der Waals surface area contributed by atoms with Crippen LogP contribution < -0.4 is 5.32 Å². The van der Waals surface area contributed by atoms with Gasteiger partial charge in [0, 0.05) is 23.5 Å². The number of fused-ring (bicyclic) bond motifs is 1. The van der Waals surface area contributed by atoms with Crippen molar-refractivity contribution in [3.05, 3.63) is 36.0 Å². The highest BCUT2D eigenvalue weighted by Crippen LogP contribution is 2.19. The number of nitrogens with one attached hydrogen (secondary N) is 2. The molecule has 26 heavy (non-hydrogen) atoms. The van der Waals surface area contributed by atoms with Crippen LogP contribution in [-0.2, 0) is 16.0 Å². The summed E-state index contributed by atoms with van der Waals surface area (Å²) < 4.78 is 0. The van der Waals surface area contributed by atoms with E-state index in [4.69, 9.17) is 5.11 Å². The average Bonchev–Trinajstić information content (AvgIpc) is 3.05. The molecule has 142 valence electrons. The van der Waals surface area contributed by atoms with Gasteiger partial charge in [0.2, 0.25) is 0 Å². The van der Waals surface area contributed by atoms with Gasteiger partial charge >= 0.3 is 5.97 Å². The zero-order chi connectivity index (χ0) is 19.3. The van der Waals surface area contributed by atoms with Crippen molar-refractivity contribution in [1.82, 2.24) is 10.3 Å². The Morgan fingerprint density at radius 2 is 1.85 bits per heavy atom. The van der Waals surface area contributed by atoms with Gasteiger partial charge in [0.05, 0.1) is 13.2 Å². The molecule has 0 aliphatic carbocycles. The van der Waals surface area contributed by atoms with E-state index in [2.05, 4.69) is 10.3 Å². The number of benzene rings is 1. The molecule has 7 N–H and O–H groups in total. The van der Waals surface area contributed by atoms with Crippen LogP contribution in [0.25, 0.3) is 10.9 Å². The third kappa shape index (κ3) is 4.65. The first-order chi connectivity index (χ1) is 12.3. The summed E-state index contributed by atoms with van der Waals surface area (Å²) in [6.07, 6.45) is -3.67. The largest absolute Gasteiger partial charge is 0.480 e. The van der Waals surface area contributed by atoms with E-state index in [1.54, 1.807) is 6.20 Å². The molecule has 0 aliphatic rings. The van der Waals surface area contributed by atoms with Crippen molar-refractivity contribution in [2.45, 2.75) is 30.8 Å². The molecule has 2 aromatic rings. The van der Waals surface area contributed by atoms with Gasteiger partial charge in [-0.2, -0.15) is 0 Å². The van der Waals surface area contributed by atoms with Crippen LogP contribution >= 0.6 is 0 Å². The zero-order valence-corrected chi connectivity index (χ0v) is 13.9. The van der Waals surface area contributed by atoms with Crippen molar-refractivity contribution in [3.8, 4) is 0 Å². The molecule has 9 heteroatoms. The van der Waals surface area contributed by atoms with Gasteiger partial charge in [-0.3, -0.25) is 14.9 Å². The topological polar surface area (TPSA) is 163 Å². The van der Waals surface area contributed by atoms with Crippen molar-refractivity contribution in [1.29, 1.82) is 0 Å². The van der Waals surface area contributed by atoms with E-state index in [1.807, 2.05) is 24.3 Å². The van der Waals surface area contributed by atoms with Gasteiger partial charge in [0.15, 0.2) is 5.78 Å². The highest BCUT2D eigenvalue weighted by atomic mass is 16.4. The Bertz CT molecular complexity index is 760. The molecule has 0 bridgehead atoms. The first-order valence-electron chi connectivity index (χ1n) is 8.04. The lowest BCUT2D eigenvalue weighted by Gasteiger charge is -2.21. The number of hydrogen-bond acceptors (Lipinski definition) is 7. The minimum Gasteiger partial charge on any atom is -0.480 e. The van der Waals surface area contributed by atoms with Crippen LogP contribution in [0.5, 0.6) is 0 Å². The lowest BCUT2D eigenvalue weighted by atomic mass is 10.0. The average molecular weight is 366 g/mol. The number of rotatable bonds is 10. The maximum Gasteiger partial charge on any atom is 0.321 e. The third-order valence-electron chi connectivity index (χ3n) is 4.15. The number of ketones is 1. The number of para-hydroxylation sites is 1. The van der Waals surface area contributed by atoms with Crippen LogP contribution in [0, 0.1) is 0 Å². The van der Waals surface area contributed by atoms with Gasteiger partial charge in [0.1, 0.15) is 24.4 Å². The Morgan fingerprint density at radius 3 is 2.50 bits per heavy atom. The lowest BCUT2D eigenvalue weighted by molar-refractivity contribution is -0.141. The molecule has 0 aliphatic heterocycles. The van der Waals surface area contributed by atoms with E-state index in [0.717, 1.165) is 16.5 Å². The second-order valence-electron chi connectivity index (χ2n) is 5.99. The van der Waals surface area contributed by atoms with Gasteiger partial charge in [-0.05, 0) is 11.6 Å². The monoisotopic (exact) mass is 366 g/mol. The van der Waals surface area contributed by atoms with Crippen molar-refractivity contribution in [3.63, 3.8) is 0 Å². The second-order valence-corrected chi connectivity index (χ2v) is 5.99. The molecule has 1 aromatic heterocycles.